The van der Waals surface area contributed by atoms with E-state index in [9.17, 15) is 18.4 Å². The van der Waals surface area contributed by atoms with Crippen LogP contribution < -0.4 is 14.8 Å². The summed E-state index contributed by atoms with van der Waals surface area (Å²) < 4.78 is 42.1. The lowest BCUT2D eigenvalue weighted by molar-refractivity contribution is -0.147. The van der Waals surface area contributed by atoms with Gasteiger partial charge in [0.25, 0.3) is 5.91 Å². The standard InChI is InChI=1S/C19H19F2NO5/c1-25-13-7-9-14(10-8-13)26-11-3-6-18(24)27-12-17(23)22-19-15(20)4-2-5-16(19)21/h2,4-5,7-10H,3,6,11-12H2,1H3,(H,22,23). The number of carbonyl (C=O) groups excluding carboxylic acids is 2. The maximum atomic E-state index is 13.4. The second-order valence-corrected chi connectivity index (χ2v) is 5.43. The number of methoxy groups -OCH3 is 1. The predicted octanol–water partition coefficient (Wildman–Crippen LogP) is 3.31. The lowest BCUT2D eigenvalue weighted by Crippen LogP contribution is -2.22. The van der Waals surface area contributed by atoms with Crippen molar-refractivity contribution in [1.82, 2.24) is 0 Å². The number of hydrogen-bond donors (Lipinski definition) is 1. The molecule has 0 heterocycles. The summed E-state index contributed by atoms with van der Waals surface area (Å²) in [5.41, 5.74) is -0.577. The molecular formula is C19H19F2NO5. The van der Waals surface area contributed by atoms with Gasteiger partial charge in [-0.25, -0.2) is 8.78 Å². The summed E-state index contributed by atoms with van der Waals surface area (Å²) in [5, 5.41) is 2.03. The van der Waals surface area contributed by atoms with Gasteiger partial charge < -0.3 is 19.5 Å². The Morgan fingerprint density at radius 3 is 2.26 bits per heavy atom. The molecule has 0 aromatic heterocycles. The number of para-hydroxylation sites is 1. The molecule has 144 valence electrons. The van der Waals surface area contributed by atoms with E-state index >= 15 is 0 Å². The van der Waals surface area contributed by atoms with Crippen LogP contribution in [0.3, 0.4) is 0 Å². The first-order valence-corrected chi connectivity index (χ1v) is 8.16. The minimum absolute atomic E-state index is 0.0392. The molecule has 0 saturated heterocycles. The number of anilines is 1. The van der Waals surface area contributed by atoms with Gasteiger partial charge in [-0.3, -0.25) is 9.59 Å². The number of nitrogens with one attached hydrogen (secondary N) is 1. The second kappa shape index (κ2) is 10.1. The number of hydrogen-bond acceptors (Lipinski definition) is 5. The van der Waals surface area contributed by atoms with Crippen LogP contribution in [-0.2, 0) is 14.3 Å². The van der Waals surface area contributed by atoms with Crippen molar-refractivity contribution in [1.29, 1.82) is 0 Å². The minimum Gasteiger partial charge on any atom is -0.497 e. The van der Waals surface area contributed by atoms with Gasteiger partial charge in [-0.2, -0.15) is 0 Å². The van der Waals surface area contributed by atoms with E-state index in [2.05, 4.69) is 0 Å². The van der Waals surface area contributed by atoms with E-state index in [0.717, 1.165) is 12.1 Å². The number of ether oxygens (including phenoxy) is 3. The van der Waals surface area contributed by atoms with Crippen LogP contribution in [0.5, 0.6) is 11.5 Å². The summed E-state index contributed by atoms with van der Waals surface area (Å²) in [4.78, 5) is 23.2. The monoisotopic (exact) mass is 379 g/mol. The summed E-state index contributed by atoms with van der Waals surface area (Å²) in [6.07, 6.45) is 0.423. The molecule has 1 amide bonds. The Morgan fingerprint density at radius 1 is 1.00 bits per heavy atom. The van der Waals surface area contributed by atoms with Crippen LogP contribution in [0.1, 0.15) is 12.8 Å². The molecule has 0 aliphatic rings. The van der Waals surface area contributed by atoms with Crippen molar-refractivity contribution in [2.45, 2.75) is 12.8 Å². The highest BCUT2D eigenvalue weighted by molar-refractivity contribution is 5.93. The number of benzene rings is 2. The van der Waals surface area contributed by atoms with Crippen molar-refractivity contribution in [3.63, 3.8) is 0 Å². The molecule has 0 spiro atoms. The summed E-state index contributed by atoms with van der Waals surface area (Å²) in [6, 6.07) is 10.2. The van der Waals surface area contributed by atoms with Gasteiger partial charge in [0.05, 0.1) is 13.7 Å². The molecule has 0 unspecified atom stereocenters. The number of amides is 1. The lowest BCUT2D eigenvalue weighted by atomic mass is 10.3. The van der Waals surface area contributed by atoms with Crippen LogP contribution in [0.2, 0.25) is 0 Å². The van der Waals surface area contributed by atoms with E-state index in [-0.39, 0.29) is 13.0 Å². The third-order valence-electron chi connectivity index (χ3n) is 3.44. The van der Waals surface area contributed by atoms with E-state index in [0.29, 0.717) is 17.9 Å². The van der Waals surface area contributed by atoms with Crippen LogP contribution in [0.4, 0.5) is 14.5 Å². The zero-order valence-electron chi connectivity index (χ0n) is 14.7. The Balaban J connectivity index is 1.64. The Kier molecular flexibility index (Phi) is 7.54. The molecule has 2 rings (SSSR count). The Bertz CT molecular complexity index is 760. The van der Waals surface area contributed by atoms with Crippen molar-refractivity contribution >= 4 is 17.6 Å². The smallest absolute Gasteiger partial charge is 0.306 e. The summed E-state index contributed by atoms with van der Waals surface area (Å²) in [5.74, 6) is -1.93. The fraction of sp³-hybridized carbons (Fsp3) is 0.263. The van der Waals surface area contributed by atoms with Crippen LogP contribution in [0, 0.1) is 11.6 Å². The van der Waals surface area contributed by atoms with Crippen molar-refractivity contribution < 1.29 is 32.6 Å². The first-order valence-electron chi connectivity index (χ1n) is 8.16. The first kappa shape index (κ1) is 20.2. The van der Waals surface area contributed by atoms with Crippen LogP contribution in [0.25, 0.3) is 0 Å². The van der Waals surface area contributed by atoms with Crippen LogP contribution >= 0.6 is 0 Å². The molecule has 8 heteroatoms. The Morgan fingerprint density at radius 2 is 1.63 bits per heavy atom. The molecule has 0 aliphatic heterocycles. The Hall–Kier alpha value is -3.16. The first-order chi connectivity index (χ1) is 13.0. The fourth-order valence-electron chi connectivity index (χ4n) is 2.09. The van der Waals surface area contributed by atoms with Gasteiger partial charge in [0.2, 0.25) is 0 Å². The van der Waals surface area contributed by atoms with Crippen molar-refractivity contribution in [2.75, 3.05) is 25.6 Å². The molecule has 1 N–H and O–H groups in total. The second-order valence-electron chi connectivity index (χ2n) is 5.43. The molecule has 2 aromatic carbocycles. The highest BCUT2D eigenvalue weighted by Crippen LogP contribution is 2.18. The average molecular weight is 379 g/mol. The molecule has 0 radical (unpaired) electrons. The highest BCUT2D eigenvalue weighted by atomic mass is 19.1. The molecule has 2 aromatic rings. The molecule has 0 atom stereocenters. The third kappa shape index (κ3) is 6.58. The molecule has 0 fully saturated rings. The largest absolute Gasteiger partial charge is 0.497 e. The van der Waals surface area contributed by atoms with Gasteiger partial charge in [0, 0.05) is 6.42 Å². The molecular weight excluding hydrogens is 360 g/mol. The molecule has 0 aliphatic carbocycles. The fourth-order valence-corrected chi connectivity index (χ4v) is 2.09. The van der Waals surface area contributed by atoms with E-state index in [1.807, 2.05) is 5.32 Å². The zero-order valence-corrected chi connectivity index (χ0v) is 14.7. The summed E-state index contributed by atoms with van der Waals surface area (Å²) >= 11 is 0. The SMILES string of the molecule is COc1ccc(OCCCC(=O)OCC(=O)Nc2c(F)cccc2F)cc1. The molecule has 6 nitrogen and oxygen atoms in total. The predicted molar refractivity (Wildman–Crippen MR) is 93.7 cm³/mol. The maximum absolute atomic E-state index is 13.4. The van der Waals surface area contributed by atoms with Gasteiger partial charge in [-0.15, -0.1) is 0 Å². The average Bonchev–Trinajstić information content (AvgIpc) is 2.67. The van der Waals surface area contributed by atoms with Crippen molar-refractivity contribution in [3.8, 4) is 11.5 Å². The zero-order chi connectivity index (χ0) is 19.6. The summed E-state index contributed by atoms with van der Waals surface area (Å²) in [6.45, 7) is -0.347. The van der Waals surface area contributed by atoms with E-state index in [4.69, 9.17) is 14.2 Å². The van der Waals surface area contributed by atoms with Crippen molar-refractivity contribution in [3.05, 3.63) is 54.1 Å². The maximum Gasteiger partial charge on any atom is 0.306 e. The molecule has 27 heavy (non-hydrogen) atoms. The van der Waals surface area contributed by atoms with Crippen LogP contribution in [-0.4, -0.2) is 32.2 Å². The third-order valence-corrected chi connectivity index (χ3v) is 3.44. The minimum atomic E-state index is -0.912. The van der Waals surface area contributed by atoms with Crippen molar-refractivity contribution in [2.24, 2.45) is 0 Å². The number of halogens is 2. The highest BCUT2D eigenvalue weighted by Gasteiger charge is 2.13. The topological polar surface area (TPSA) is 73.9 Å². The van der Waals surface area contributed by atoms with Gasteiger partial charge in [-0.1, -0.05) is 6.07 Å². The van der Waals surface area contributed by atoms with E-state index < -0.39 is 35.8 Å². The van der Waals surface area contributed by atoms with Gasteiger partial charge in [-0.05, 0) is 42.8 Å². The number of rotatable bonds is 9. The normalized spacial score (nSPS) is 10.2. The Labute approximate surface area is 155 Å². The quantitative estimate of drug-likeness (QED) is 0.535. The van der Waals surface area contributed by atoms with Gasteiger partial charge in [0.1, 0.15) is 28.8 Å². The van der Waals surface area contributed by atoms with E-state index in [1.54, 1.807) is 31.4 Å². The van der Waals surface area contributed by atoms with Gasteiger partial charge >= 0.3 is 5.97 Å². The van der Waals surface area contributed by atoms with E-state index in [1.165, 1.54) is 6.07 Å². The number of carbonyl (C=O) groups is 2. The number of esters is 1. The molecule has 0 bridgehead atoms. The molecule has 0 saturated carbocycles. The lowest BCUT2D eigenvalue weighted by Gasteiger charge is -2.09. The van der Waals surface area contributed by atoms with Gasteiger partial charge in [0.15, 0.2) is 6.61 Å². The van der Waals surface area contributed by atoms with Crippen LogP contribution in [0.15, 0.2) is 42.5 Å². The summed E-state index contributed by atoms with van der Waals surface area (Å²) in [7, 11) is 1.56.